The van der Waals surface area contributed by atoms with Gasteiger partial charge in [0.2, 0.25) is 5.56 Å². The molecule has 72 valence electrons. The molecule has 1 aromatic rings. The van der Waals surface area contributed by atoms with Gasteiger partial charge in [0.15, 0.2) is 0 Å². The first-order chi connectivity index (χ1) is 6.02. The van der Waals surface area contributed by atoms with Crippen LogP contribution < -0.4 is 11.3 Å². The lowest BCUT2D eigenvalue weighted by Gasteiger charge is -2.16. The predicted molar refractivity (Wildman–Crippen MR) is 50.4 cm³/mol. The summed E-state index contributed by atoms with van der Waals surface area (Å²) in [5, 5.41) is 9.25. The van der Waals surface area contributed by atoms with Crippen LogP contribution >= 0.6 is 0 Å². The number of pyridine rings is 1. The van der Waals surface area contributed by atoms with Crippen LogP contribution in [0.3, 0.4) is 0 Å². The minimum atomic E-state index is -0.621. The molecule has 0 aliphatic heterocycles. The molecule has 0 amide bonds. The van der Waals surface area contributed by atoms with Crippen LogP contribution in [0.4, 0.5) is 0 Å². The molecule has 4 nitrogen and oxygen atoms in total. The Labute approximate surface area is 76.4 Å². The van der Waals surface area contributed by atoms with Crippen molar-refractivity contribution in [2.45, 2.75) is 26.0 Å². The molecule has 1 heterocycles. The molecule has 0 aromatic carbocycles. The number of H-pyrrole nitrogens is 1. The summed E-state index contributed by atoms with van der Waals surface area (Å²) in [6.07, 6.45) is -0.621. The number of nitrogens with one attached hydrogen (secondary N) is 1. The van der Waals surface area contributed by atoms with Crippen molar-refractivity contribution in [2.24, 2.45) is 5.73 Å². The first-order valence-corrected chi connectivity index (χ1v) is 4.16. The summed E-state index contributed by atoms with van der Waals surface area (Å²) in [7, 11) is 0. The zero-order valence-corrected chi connectivity index (χ0v) is 7.74. The Kier molecular flexibility index (Phi) is 2.85. The molecule has 1 aromatic heterocycles. The highest BCUT2D eigenvalue weighted by Gasteiger charge is 2.14. The Hall–Kier alpha value is -1.13. The summed E-state index contributed by atoms with van der Waals surface area (Å²) in [6, 6.07) is 2.60. The van der Waals surface area contributed by atoms with Gasteiger partial charge in [0.1, 0.15) is 0 Å². The number of hydrogen-bond acceptors (Lipinski definition) is 3. The normalized spacial score (nSPS) is 15.4. The van der Waals surface area contributed by atoms with E-state index in [-0.39, 0.29) is 5.56 Å². The Morgan fingerprint density at radius 1 is 1.54 bits per heavy atom. The van der Waals surface area contributed by atoms with Crippen LogP contribution in [0.1, 0.15) is 24.2 Å². The molecule has 0 aliphatic carbocycles. The maximum atomic E-state index is 10.9. The van der Waals surface area contributed by atoms with E-state index in [4.69, 9.17) is 5.73 Å². The Morgan fingerprint density at radius 3 is 2.62 bits per heavy atom. The molecule has 0 fully saturated rings. The summed E-state index contributed by atoms with van der Waals surface area (Å²) < 4.78 is 0. The third-order valence-electron chi connectivity index (χ3n) is 2.04. The zero-order valence-electron chi connectivity index (χ0n) is 7.74. The number of aliphatic hydroxyl groups excluding tert-OH is 1. The van der Waals surface area contributed by atoms with Crippen molar-refractivity contribution in [1.82, 2.24) is 4.98 Å². The van der Waals surface area contributed by atoms with Crippen LogP contribution in [-0.2, 0) is 0 Å². The lowest BCUT2D eigenvalue weighted by molar-refractivity contribution is 0.164. The van der Waals surface area contributed by atoms with Crippen molar-refractivity contribution < 1.29 is 5.11 Å². The van der Waals surface area contributed by atoms with E-state index in [0.29, 0.717) is 5.69 Å². The molecule has 0 radical (unpaired) electrons. The van der Waals surface area contributed by atoms with Gasteiger partial charge in [-0.2, -0.15) is 0 Å². The molecule has 1 rings (SSSR count). The van der Waals surface area contributed by atoms with Gasteiger partial charge in [-0.25, -0.2) is 0 Å². The maximum absolute atomic E-state index is 10.9. The smallest absolute Gasteiger partial charge is 0.248 e. The highest BCUT2D eigenvalue weighted by Crippen LogP contribution is 2.14. The average Bonchev–Trinajstić information content (AvgIpc) is 2.03. The van der Waals surface area contributed by atoms with Crippen LogP contribution in [0.5, 0.6) is 0 Å². The van der Waals surface area contributed by atoms with E-state index in [2.05, 4.69) is 4.98 Å². The minimum absolute atomic E-state index is 0.154. The Balaban J connectivity index is 3.08. The highest BCUT2D eigenvalue weighted by atomic mass is 16.3. The molecule has 4 heteroatoms. The third-order valence-corrected chi connectivity index (χ3v) is 2.04. The predicted octanol–water partition coefficient (Wildman–Crippen LogP) is 0.0639. The Bertz CT molecular complexity index is 344. The molecule has 0 unspecified atom stereocenters. The minimum Gasteiger partial charge on any atom is -0.391 e. The summed E-state index contributed by atoms with van der Waals surface area (Å²) in [4.78, 5) is 13.5. The third kappa shape index (κ3) is 2.17. The van der Waals surface area contributed by atoms with Crippen molar-refractivity contribution in [2.75, 3.05) is 0 Å². The van der Waals surface area contributed by atoms with Crippen molar-refractivity contribution >= 4 is 0 Å². The molecule has 0 aliphatic rings. The van der Waals surface area contributed by atoms with Gasteiger partial charge >= 0.3 is 0 Å². The van der Waals surface area contributed by atoms with Crippen LogP contribution in [0, 0.1) is 6.92 Å². The molecule has 2 atom stereocenters. The number of aromatic amines is 1. The zero-order chi connectivity index (χ0) is 10.0. The summed E-state index contributed by atoms with van der Waals surface area (Å²) >= 11 is 0. The number of aliphatic hydroxyl groups is 1. The van der Waals surface area contributed by atoms with Crippen molar-refractivity contribution in [3.63, 3.8) is 0 Å². The second-order valence-corrected chi connectivity index (χ2v) is 3.17. The Morgan fingerprint density at radius 2 is 2.15 bits per heavy atom. The van der Waals surface area contributed by atoms with Crippen LogP contribution in [0.25, 0.3) is 0 Å². The second kappa shape index (κ2) is 3.72. The van der Waals surface area contributed by atoms with Crippen molar-refractivity contribution in [3.8, 4) is 0 Å². The number of aryl methyl sites for hydroxylation is 1. The molecular weight excluding hydrogens is 168 g/mol. The van der Waals surface area contributed by atoms with Crippen LogP contribution in [0.2, 0.25) is 0 Å². The standard InChI is InChI=1S/C9H14N2O2/c1-5-7(9(10)6(2)12)3-4-8(13)11-5/h3-4,6,9,12H,10H2,1-2H3,(H,11,13)/t6-,9-/m0/s1. The van der Waals surface area contributed by atoms with Gasteiger partial charge in [-0.1, -0.05) is 6.07 Å². The second-order valence-electron chi connectivity index (χ2n) is 3.17. The number of hydrogen-bond donors (Lipinski definition) is 3. The van der Waals surface area contributed by atoms with E-state index in [1.54, 1.807) is 19.9 Å². The molecule has 0 spiro atoms. The largest absolute Gasteiger partial charge is 0.391 e. The molecule has 13 heavy (non-hydrogen) atoms. The molecule has 0 bridgehead atoms. The van der Waals surface area contributed by atoms with Gasteiger partial charge in [-0.15, -0.1) is 0 Å². The summed E-state index contributed by atoms with van der Waals surface area (Å²) in [6.45, 7) is 3.38. The van der Waals surface area contributed by atoms with Gasteiger partial charge in [0.05, 0.1) is 12.1 Å². The summed E-state index contributed by atoms with van der Waals surface area (Å²) in [5.74, 6) is 0. The van der Waals surface area contributed by atoms with Crippen molar-refractivity contribution in [1.29, 1.82) is 0 Å². The van der Waals surface area contributed by atoms with Gasteiger partial charge in [-0.3, -0.25) is 4.79 Å². The topological polar surface area (TPSA) is 79.1 Å². The fraction of sp³-hybridized carbons (Fsp3) is 0.444. The fourth-order valence-corrected chi connectivity index (χ4v) is 1.21. The van der Waals surface area contributed by atoms with E-state index in [9.17, 15) is 9.90 Å². The van der Waals surface area contributed by atoms with E-state index in [1.807, 2.05) is 0 Å². The highest BCUT2D eigenvalue weighted by molar-refractivity contribution is 5.22. The maximum Gasteiger partial charge on any atom is 0.248 e. The SMILES string of the molecule is Cc1[nH]c(=O)ccc1[C@@H](N)[C@H](C)O. The quantitative estimate of drug-likeness (QED) is 0.605. The number of aromatic nitrogens is 1. The van der Waals surface area contributed by atoms with E-state index < -0.39 is 12.1 Å². The van der Waals surface area contributed by atoms with Crippen LogP contribution in [0.15, 0.2) is 16.9 Å². The first-order valence-electron chi connectivity index (χ1n) is 4.16. The molecule has 0 saturated carbocycles. The van der Waals surface area contributed by atoms with Gasteiger partial charge < -0.3 is 15.8 Å². The number of nitrogens with two attached hydrogens (primary N) is 1. The van der Waals surface area contributed by atoms with E-state index in [1.165, 1.54) is 6.07 Å². The number of rotatable bonds is 2. The van der Waals surface area contributed by atoms with Crippen molar-refractivity contribution in [3.05, 3.63) is 33.7 Å². The fourth-order valence-electron chi connectivity index (χ4n) is 1.21. The average molecular weight is 182 g/mol. The van der Waals surface area contributed by atoms with Gasteiger partial charge in [0.25, 0.3) is 0 Å². The van der Waals surface area contributed by atoms with E-state index >= 15 is 0 Å². The molecule has 4 N–H and O–H groups in total. The first kappa shape index (κ1) is 9.95. The van der Waals surface area contributed by atoms with Crippen LogP contribution in [-0.4, -0.2) is 16.2 Å². The lowest BCUT2D eigenvalue weighted by atomic mass is 10.0. The van der Waals surface area contributed by atoms with Gasteiger partial charge in [-0.05, 0) is 19.4 Å². The lowest BCUT2D eigenvalue weighted by Crippen LogP contribution is -2.25. The summed E-state index contributed by atoms with van der Waals surface area (Å²) in [5.41, 5.74) is 7.04. The monoisotopic (exact) mass is 182 g/mol. The molecular formula is C9H14N2O2. The molecule has 0 saturated heterocycles. The van der Waals surface area contributed by atoms with Gasteiger partial charge in [0, 0.05) is 11.8 Å². The van der Waals surface area contributed by atoms with E-state index in [0.717, 1.165) is 5.56 Å².